The molecule has 32 heavy (non-hydrogen) atoms. The van der Waals surface area contributed by atoms with Crippen LogP contribution in [0.2, 0.25) is 0 Å². The van der Waals surface area contributed by atoms with E-state index in [9.17, 15) is 0 Å². The van der Waals surface area contributed by atoms with Gasteiger partial charge < -0.3 is 4.90 Å². The molecule has 1 aliphatic carbocycles. The maximum atomic E-state index is 6.71. The summed E-state index contributed by atoms with van der Waals surface area (Å²) in [6, 6.07) is 17.0. The average Bonchev–Trinajstić information content (AvgIpc) is 3.44. The van der Waals surface area contributed by atoms with E-state index in [1.165, 1.54) is 42.0 Å². The second-order valence-electron chi connectivity index (χ2n) is 7.85. The highest BCUT2D eigenvalue weighted by molar-refractivity contribution is 8.03. The van der Waals surface area contributed by atoms with Crippen LogP contribution in [0.4, 0.5) is 5.69 Å². The van der Waals surface area contributed by atoms with Crippen molar-refractivity contribution in [3.63, 3.8) is 0 Å². The summed E-state index contributed by atoms with van der Waals surface area (Å²) in [5.74, 6) is 0. The van der Waals surface area contributed by atoms with Crippen LogP contribution in [0.3, 0.4) is 0 Å². The van der Waals surface area contributed by atoms with Gasteiger partial charge in [-0.05, 0) is 48.3 Å². The Hall–Kier alpha value is -2.53. The molecule has 0 radical (unpaired) electrons. The Morgan fingerprint density at radius 3 is 2.59 bits per heavy atom. The van der Waals surface area contributed by atoms with Crippen LogP contribution < -0.4 is 9.47 Å². The molecule has 5 rings (SSSR count). The second kappa shape index (κ2) is 9.14. The molecule has 0 atom stereocenters. The predicted molar refractivity (Wildman–Crippen MR) is 140 cm³/mol. The lowest BCUT2D eigenvalue weighted by Crippen LogP contribution is -2.28. The van der Waals surface area contributed by atoms with Crippen molar-refractivity contribution in [1.29, 1.82) is 0 Å². The minimum Gasteiger partial charge on any atom is -0.338 e. The maximum Gasteiger partial charge on any atom is 0.262 e. The zero-order valence-electron chi connectivity index (χ0n) is 18.1. The molecule has 5 heteroatoms. The highest BCUT2D eigenvalue weighted by atomic mass is 35.5. The molecule has 0 bridgehead atoms. The Bertz CT molecular complexity index is 1340. The third-order valence-corrected chi connectivity index (χ3v) is 8.70. The van der Waals surface area contributed by atoms with Crippen LogP contribution in [0.5, 0.6) is 0 Å². The molecule has 1 aliphatic heterocycles. The summed E-state index contributed by atoms with van der Waals surface area (Å²) in [6.45, 7) is 0. The molecule has 0 amide bonds. The van der Waals surface area contributed by atoms with Gasteiger partial charge in [0.2, 0.25) is 5.52 Å². The van der Waals surface area contributed by atoms with E-state index in [-0.39, 0.29) is 0 Å². The van der Waals surface area contributed by atoms with E-state index in [0.717, 1.165) is 17.9 Å². The molecular formula is C27H24ClN2S2+. The minimum atomic E-state index is 0.891. The van der Waals surface area contributed by atoms with Crippen molar-refractivity contribution in [1.82, 2.24) is 0 Å². The molecule has 0 saturated heterocycles. The standard InChI is InChI=1S/C27H24ClN2S2/c1-29-21-10-4-6-12-23(21)31-25(29)14-8-3-9-19-15-16-20(27(19)28)17-18-26-30(2)22-11-5-7-13-24(22)32-26/h3-14,17-18H,15-16H2,1-2H3/q+1. The lowest BCUT2D eigenvalue weighted by atomic mass is 10.2. The number of aryl methyl sites for hydroxylation is 1. The van der Waals surface area contributed by atoms with E-state index in [0.29, 0.717) is 0 Å². The topological polar surface area (TPSA) is 7.12 Å². The summed E-state index contributed by atoms with van der Waals surface area (Å²) in [6.07, 6.45) is 14.9. The number of hydrogen-bond acceptors (Lipinski definition) is 3. The van der Waals surface area contributed by atoms with E-state index >= 15 is 0 Å². The monoisotopic (exact) mass is 475 g/mol. The SMILES string of the molecule is CN1/C(=C/C=C/C=C2\CCC(/C=C/c3sc4ccccc4[n+]3C)=C2Cl)Sc2ccccc21. The zero-order chi connectivity index (χ0) is 22.1. The van der Waals surface area contributed by atoms with Crippen LogP contribution in [0.1, 0.15) is 17.8 Å². The molecule has 2 aromatic carbocycles. The number of thiazole rings is 1. The van der Waals surface area contributed by atoms with Gasteiger partial charge in [0.15, 0.2) is 0 Å². The maximum absolute atomic E-state index is 6.71. The van der Waals surface area contributed by atoms with Crippen molar-refractivity contribution >= 4 is 56.7 Å². The van der Waals surface area contributed by atoms with Gasteiger partial charge >= 0.3 is 0 Å². The van der Waals surface area contributed by atoms with Gasteiger partial charge in [-0.3, -0.25) is 0 Å². The molecule has 3 aromatic rings. The van der Waals surface area contributed by atoms with E-state index in [2.05, 4.69) is 109 Å². The van der Waals surface area contributed by atoms with Crippen molar-refractivity contribution in [3.05, 3.63) is 105 Å². The third kappa shape index (κ3) is 4.11. The van der Waals surface area contributed by atoms with E-state index < -0.39 is 0 Å². The van der Waals surface area contributed by atoms with Crippen molar-refractivity contribution in [2.75, 3.05) is 11.9 Å². The van der Waals surface area contributed by atoms with Crippen molar-refractivity contribution in [2.24, 2.45) is 7.05 Å². The number of halogens is 1. The lowest BCUT2D eigenvalue weighted by Gasteiger charge is -2.12. The molecule has 2 nitrogen and oxygen atoms in total. The van der Waals surface area contributed by atoms with Crippen LogP contribution in [0.25, 0.3) is 16.3 Å². The number of fused-ring (bicyclic) bond motifs is 2. The number of rotatable bonds is 4. The van der Waals surface area contributed by atoms with Crippen LogP contribution in [0.15, 0.2) is 105 Å². The molecule has 160 valence electrons. The van der Waals surface area contributed by atoms with Gasteiger partial charge in [0.1, 0.15) is 11.7 Å². The van der Waals surface area contributed by atoms with Crippen molar-refractivity contribution in [3.8, 4) is 0 Å². The number of para-hydroxylation sites is 2. The third-order valence-electron chi connectivity index (χ3n) is 5.85. The van der Waals surface area contributed by atoms with Gasteiger partial charge in [-0.15, -0.1) is 0 Å². The van der Waals surface area contributed by atoms with E-state index in [1.54, 1.807) is 23.1 Å². The van der Waals surface area contributed by atoms with Crippen LogP contribution in [-0.2, 0) is 7.05 Å². The molecule has 0 fully saturated rings. The summed E-state index contributed by atoms with van der Waals surface area (Å²) in [7, 11) is 4.23. The normalized spacial score (nSPS) is 19.0. The fourth-order valence-corrected chi connectivity index (χ4v) is 6.45. The van der Waals surface area contributed by atoms with Crippen LogP contribution in [0, 0.1) is 0 Å². The van der Waals surface area contributed by atoms with Gasteiger partial charge in [0.25, 0.3) is 5.01 Å². The summed E-state index contributed by atoms with van der Waals surface area (Å²) in [5.41, 5.74) is 4.94. The van der Waals surface area contributed by atoms with Gasteiger partial charge in [0.05, 0.1) is 10.7 Å². The quantitative estimate of drug-likeness (QED) is 0.359. The van der Waals surface area contributed by atoms with Crippen LogP contribution in [-0.4, -0.2) is 7.05 Å². The summed E-state index contributed by atoms with van der Waals surface area (Å²) in [5, 5.41) is 3.35. The summed E-state index contributed by atoms with van der Waals surface area (Å²) >= 11 is 10.3. The fraction of sp³-hybridized carbons (Fsp3) is 0.148. The Kier molecular flexibility index (Phi) is 6.09. The zero-order valence-corrected chi connectivity index (χ0v) is 20.5. The number of aromatic nitrogens is 1. The predicted octanol–water partition coefficient (Wildman–Crippen LogP) is 7.59. The highest BCUT2D eigenvalue weighted by Gasteiger charge is 2.20. The number of allylic oxidation sites excluding steroid dienone is 8. The first kappa shape index (κ1) is 21.3. The minimum absolute atomic E-state index is 0.891. The van der Waals surface area contributed by atoms with Gasteiger partial charge in [0, 0.05) is 29.1 Å². The molecule has 1 aromatic heterocycles. The number of benzene rings is 2. The van der Waals surface area contributed by atoms with Crippen molar-refractivity contribution < 1.29 is 4.57 Å². The molecule has 2 aliphatic rings. The Morgan fingerprint density at radius 1 is 0.969 bits per heavy atom. The fourth-order valence-electron chi connectivity index (χ4n) is 4.02. The molecule has 0 saturated carbocycles. The number of hydrogen-bond donors (Lipinski definition) is 0. The number of thioether (sulfide) groups is 1. The lowest BCUT2D eigenvalue weighted by molar-refractivity contribution is -0.642. The Morgan fingerprint density at radius 2 is 1.75 bits per heavy atom. The number of nitrogens with zero attached hydrogens (tertiary/aromatic N) is 2. The first-order valence-corrected chi connectivity index (χ1v) is 12.7. The first-order valence-electron chi connectivity index (χ1n) is 10.6. The largest absolute Gasteiger partial charge is 0.338 e. The average molecular weight is 476 g/mol. The molecule has 0 unspecified atom stereocenters. The molecule has 0 N–H and O–H groups in total. The summed E-state index contributed by atoms with van der Waals surface area (Å²) < 4.78 is 3.54. The van der Waals surface area contributed by atoms with Crippen LogP contribution >= 0.6 is 34.7 Å². The molecule has 0 spiro atoms. The first-order chi connectivity index (χ1) is 15.6. The highest BCUT2D eigenvalue weighted by Crippen LogP contribution is 2.44. The van der Waals surface area contributed by atoms with Gasteiger partial charge in [-0.1, -0.05) is 83.3 Å². The molecular weight excluding hydrogens is 452 g/mol. The second-order valence-corrected chi connectivity index (χ2v) is 10.4. The smallest absolute Gasteiger partial charge is 0.262 e. The van der Waals surface area contributed by atoms with E-state index in [4.69, 9.17) is 11.6 Å². The van der Waals surface area contributed by atoms with E-state index in [1.807, 2.05) is 0 Å². The van der Waals surface area contributed by atoms with Gasteiger partial charge in [-0.25, -0.2) is 0 Å². The Balaban J connectivity index is 1.29. The summed E-state index contributed by atoms with van der Waals surface area (Å²) in [4.78, 5) is 3.54. The van der Waals surface area contributed by atoms with Crippen molar-refractivity contribution in [2.45, 2.75) is 17.7 Å². The molecule has 2 heterocycles. The van der Waals surface area contributed by atoms with Gasteiger partial charge in [-0.2, -0.15) is 4.57 Å². The Labute approximate surface area is 202 Å². The number of anilines is 1.